The zero-order valence-electron chi connectivity index (χ0n) is 10.8. The highest BCUT2D eigenvalue weighted by Gasteiger charge is 2.16. The minimum absolute atomic E-state index is 0.402. The molecular formula is C14H22N2O. The molecule has 0 bridgehead atoms. The third-order valence-corrected chi connectivity index (χ3v) is 3.27. The van der Waals surface area contributed by atoms with E-state index in [0.717, 1.165) is 32.8 Å². The normalized spacial score (nSPS) is 18.1. The lowest BCUT2D eigenvalue weighted by Gasteiger charge is -2.32. The van der Waals surface area contributed by atoms with Gasteiger partial charge >= 0.3 is 0 Å². The van der Waals surface area contributed by atoms with Crippen LogP contribution < -0.4 is 10.2 Å². The van der Waals surface area contributed by atoms with Crippen LogP contribution in [-0.4, -0.2) is 32.8 Å². The first-order chi connectivity index (χ1) is 8.33. The van der Waals surface area contributed by atoms with E-state index in [9.17, 15) is 0 Å². The standard InChI is InChI=1S/C14H22N2O/c1-3-15-12(2)13-6-4-5-7-14(13)16-8-10-17-11-9-16/h4-7,12,15H,3,8-11H2,1-2H3. The Bertz CT molecular complexity index is 348. The van der Waals surface area contributed by atoms with Crippen molar-refractivity contribution in [3.8, 4) is 0 Å². The number of rotatable bonds is 4. The summed E-state index contributed by atoms with van der Waals surface area (Å²) >= 11 is 0. The fourth-order valence-corrected chi connectivity index (χ4v) is 2.36. The molecule has 1 N–H and O–H groups in total. The number of anilines is 1. The van der Waals surface area contributed by atoms with E-state index in [4.69, 9.17) is 4.74 Å². The highest BCUT2D eigenvalue weighted by Crippen LogP contribution is 2.26. The van der Waals surface area contributed by atoms with E-state index in [2.05, 4.69) is 48.3 Å². The average molecular weight is 234 g/mol. The van der Waals surface area contributed by atoms with Gasteiger partial charge < -0.3 is 15.0 Å². The Morgan fingerprint density at radius 3 is 2.71 bits per heavy atom. The van der Waals surface area contributed by atoms with E-state index in [1.165, 1.54) is 11.3 Å². The molecule has 94 valence electrons. The fraction of sp³-hybridized carbons (Fsp3) is 0.571. The highest BCUT2D eigenvalue weighted by atomic mass is 16.5. The third-order valence-electron chi connectivity index (χ3n) is 3.27. The van der Waals surface area contributed by atoms with Crippen molar-refractivity contribution in [3.63, 3.8) is 0 Å². The van der Waals surface area contributed by atoms with Crippen LogP contribution in [0.1, 0.15) is 25.5 Å². The van der Waals surface area contributed by atoms with Gasteiger partial charge in [-0.2, -0.15) is 0 Å². The second-order valence-corrected chi connectivity index (χ2v) is 4.44. The van der Waals surface area contributed by atoms with Gasteiger partial charge in [0.15, 0.2) is 0 Å². The van der Waals surface area contributed by atoms with Crippen LogP contribution in [0, 0.1) is 0 Å². The number of para-hydroxylation sites is 1. The molecule has 1 aromatic carbocycles. The first-order valence-corrected chi connectivity index (χ1v) is 6.48. The molecule has 3 nitrogen and oxygen atoms in total. The van der Waals surface area contributed by atoms with Gasteiger partial charge in [-0.1, -0.05) is 25.1 Å². The quantitative estimate of drug-likeness (QED) is 0.864. The summed E-state index contributed by atoms with van der Waals surface area (Å²) in [6, 6.07) is 9.08. The molecule has 1 aliphatic heterocycles. The summed E-state index contributed by atoms with van der Waals surface area (Å²) in [4.78, 5) is 2.42. The second kappa shape index (κ2) is 6.03. The molecule has 0 saturated carbocycles. The number of morpholine rings is 1. The molecule has 1 aliphatic rings. The number of nitrogens with zero attached hydrogens (tertiary/aromatic N) is 1. The van der Waals surface area contributed by atoms with Crippen LogP contribution in [0.4, 0.5) is 5.69 Å². The monoisotopic (exact) mass is 234 g/mol. The molecule has 1 atom stereocenters. The Hall–Kier alpha value is -1.06. The first-order valence-electron chi connectivity index (χ1n) is 6.48. The molecule has 0 aromatic heterocycles. The molecule has 1 heterocycles. The van der Waals surface area contributed by atoms with E-state index >= 15 is 0 Å². The van der Waals surface area contributed by atoms with Crippen LogP contribution in [0.25, 0.3) is 0 Å². The summed E-state index contributed by atoms with van der Waals surface area (Å²) in [5.74, 6) is 0. The lowest BCUT2D eigenvalue weighted by molar-refractivity contribution is 0.122. The van der Waals surface area contributed by atoms with Gasteiger partial charge in [-0.3, -0.25) is 0 Å². The molecule has 0 radical (unpaired) electrons. The summed E-state index contributed by atoms with van der Waals surface area (Å²) in [5.41, 5.74) is 2.74. The molecule has 0 aliphatic carbocycles. The Labute approximate surface area is 104 Å². The van der Waals surface area contributed by atoms with Crippen LogP contribution in [0.15, 0.2) is 24.3 Å². The number of hydrogen-bond donors (Lipinski definition) is 1. The maximum atomic E-state index is 5.41. The second-order valence-electron chi connectivity index (χ2n) is 4.44. The predicted octanol–water partition coefficient (Wildman–Crippen LogP) is 2.19. The lowest BCUT2D eigenvalue weighted by atomic mass is 10.0. The Balaban J connectivity index is 2.19. The van der Waals surface area contributed by atoms with E-state index in [-0.39, 0.29) is 0 Å². The Morgan fingerprint density at radius 2 is 2.00 bits per heavy atom. The highest BCUT2D eigenvalue weighted by molar-refractivity contribution is 5.55. The Morgan fingerprint density at radius 1 is 1.29 bits per heavy atom. The summed E-state index contributed by atoms with van der Waals surface area (Å²) in [7, 11) is 0. The van der Waals surface area contributed by atoms with E-state index < -0.39 is 0 Å². The molecule has 17 heavy (non-hydrogen) atoms. The maximum absolute atomic E-state index is 5.41. The summed E-state index contributed by atoms with van der Waals surface area (Å²) < 4.78 is 5.41. The zero-order valence-corrected chi connectivity index (χ0v) is 10.8. The summed E-state index contributed by atoms with van der Waals surface area (Å²) in [6.45, 7) is 9.04. The first kappa shape index (κ1) is 12.4. The van der Waals surface area contributed by atoms with E-state index in [0.29, 0.717) is 6.04 Å². The minimum Gasteiger partial charge on any atom is -0.378 e. The lowest BCUT2D eigenvalue weighted by Crippen LogP contribution is -2.37. The van der Waals surface area contributed by atoms with Gasteiger partial charge in [0.2, 0.25) is 0 Å². The number of ether oxygens (including phenoxy) is 1. The number of hydrogen-bond acceptors (Lipinski definition) is 3. The van der Waals surface area contributed by atoms with Crippen LogP contribution >= 0.6 is 0 Å². The van der Waals surface area contributed by atoms with Crippen LogP contribution in [0.2, 0.25) is 0 Å². The SMILES string of the molecule is CCNC(C)c1ccccc1N1CCOCC1. The molecule has 0 spiro atoms. The molecule has 1 fully saturated rings. The van der Waals surface area contributed by atoms with Crippen molar-refractivity contribution in [1.29, 1.82) is 0 Å². The Kier molecular flexibility index (Phi) is 4.40. The molecule has 1 saturated heterocycles. The topological polar surface area (TPSA) is 24.5 Å². The molecule has 2 rings (SSSR count). The molecule has 1 unspecified atom stereocenters. The molecular weight excluding hydrogens is 212 g/mol. The molecule has 0 amide bonds. The maximum Gasteiger partial charge on any atom is 0.0642 e. The van der Waals surface area contributed by atoms with Gasteiger partial charge in [0, 0.05) is 24.8 Å². The number of benzene rings is 1. The van der Waals surface area contributed by atoms with E-state index in [1.54, 1.807) is 0 Å². The van der Waals surface area contributed by atoms with Crippen molar-refractivity contribution in [1.82, 2.24) is 5.32 Å². The minimum atomic E-state index is 0.402. The largest absolute Gasteiger partial charge is 0.378 e. The molecule has 3 heteroatoms. The predicted molar refractivity (Wildman–Crippen MR) is 71.6 cm³/mol. The summed E-state index contributed by atoms with van der Waals surface area (Å²) in [5, 5.41) is 3.48. The fourth-order valence-electron chi connectivity index (χ4n) is 2.36. The van der Waals surface area contributed by atoms with Crippen molar-refractivity contribution in [2.24, 2.45) is 0 Å². The third kappa shape index (κ3) is 2.99. The van der Waals surface area contributed by atoms with Crippen LogP contribution in [0.3, 0.4) is 0 Å². The van der Waals surface area contributed by atoms with Gasteiger partial charge in [-0.05, 0) is 25.1 Å². The summed E-state index contributed by atoms with van der Waals surface area (Å²) in [6.07, 6.45) is 0. The van der Waals surface area contributed by atoms with Gasteiger partial charge in [-0.25, -0.2) is 0 Å². The van der Waals surface area contributed by atoms with Crippen molar-refractivity contribution >= 4 is 5.69 Å². The van der Waals surface area contributed by atoms with Gasteiger partial charge in [0.25, 0.3) is 0 Å². The van der Waals surface area contributed by atoms with Crippen molar-refractivity contribution < 1.29 is 4.74 Å². The van der Waals surface area contributed by atoms with Crippen molar-refractivity contribution in [3.05, 3.63) is 29.8 Å². The van der Waals surface area contributed by atoms with Crippen molar-refractivity contribution in [2.45, 2.75) is 19.9 Å². The van der Waals surface area contributed by atoms with Gasteiger partial charge in [0.05, 0.1) is 13.2 Å². The van der Waals surface area contributed by atoms with Crippen LogP contribution in [0.5, 0.6) is 0 Å². The van der Waals surface area contributed by atoms with Gasteiger partial charge in [0.1, 0.15) is 0 Å². The molecule has 1 aromatic rings. The average Bonchev–Trinajstić information content (AvgIpc) is 2.40. The van der Waals surface area contributed by atoms with Gasteiger partial charge in [-0.15, -0.1) is 0 Å². The zero-order chi connectivity index (χ0) is 12.1. The van der Waals surface area contributed by atoms with Crippen molar-refractivity contribution in [2.75, 3.05) is 37.7 Å². The van der Waals surface area contributed by atoms with Crippen LogP contribution in [-0.2, 0) is 4.74 Å². The number of nitrogens with one attached hydrogen (secondary N) is 1. The van der Waals surface area contributed by atoms with E-state index in [1.807, 2.05) is 0 Å². The smallest absolute Gasteiger partial charge is 0.0642 e.